The number of aromatic nitrogens is 3. The lowest BCUT2D eigenvalue weighted by Crippen LogP contribution is -2.19. The van der Waals surface area contributed by atoms with Gasteiger partial charge in [0.1, 0.15) is 5.65 Å². The Morgan fingerprint density at radius 1 is 1.62 bits per heavy atom. The van der Waals surface area contributed by atoms with E-state index in [4.69, 9.17) is 4.74 Å². The van der Waals surface area contributed by atoms with Crippen LogP contribution in [0, 0.1) is 0 Å². The van der Waals surface area contributed by atoms with E-state index < -0.39 is 0 Å². The van der Waals surface area contributed by atoms with Crippen molar-refractivity contribution in [3.8, 4) is 6.01 Å². The van der Waals surface area contributed by atoms with Gasteiger partial charge >= 0.3 is 6.01 Å². The lowest BCUT2D eigenvalue weighted by atomic mass is 10.4. The summed E-state index contributed by atoms with van der Waals surface area (Å²) >= 11 is 0. The number of hydrogen-bond donors (Lipinski definition) is 1. The Kier molecular flexibility index (Phi) is 1.58. The van der Waals surface area contributed by atoms with Crippen LogP contribution in [-0.2, 0) is 7.05 Å². The first-order valence-electron chi connectivity index (χ1n) is 3.82. The van der Waals surface area contributed by atoms with Crippen LogP contribution < -0.4 is 10.3 Å². The number of ether oxygens (including phenoxy) is 1. The van der Waals surface area contributed by atoms with E-state index in [0.717, 1.165) is 0 Å². The highest BCUT2D eigenvalue weighted by molar-refractivity contribution is 5.74. The second kappa shape index (κ2) is 2.62. The van der Waals surface area contributed by atoms with E-state index in [0.29, 0.717) is 17.0 Å². The van der Waals surface area contributed by atoms with Crippen LogP contribution >= 0.6 is 0 Å². The number of rotatable bonds is 1. The molecule has 0 aliphatic carbocycles. The predicted octanol–water partition coefficient (Wildman–Crippen LogP) is 0.270. The fraction of sp³-hybridized carbons (Fsp3) is 0.250. The molecule has 2 heterocycles. The van der Waals surface area contributed by atoms with Crippen LogP contribution in [0.3, 0.4) is 0 Å². The molecule has 0 aromatic carbocycles. The van der Waals surface area contributed by atoms with Crippen LogP contribution in [0.2, 0.25) is 0 Å². The van der Waals surface area contributed by atoms with Crippen molar-refractivity contribution in [3.05, 3.63) is 22.6 Å². The van der Waals surface area contributed by atoms with E-state index >= 15 is 0 Å². The lowest BCUT2D eigenvalue weighted by Gasteiger charge is -2.03. The van der Waals surface area contributed by atoms with Gasteiger partial charge in [-0.15, -0.1) is 0 Å². The van der Waals surface area contributed by atoms with E-state index in [1.807, 2.05) is 0 Å². The van der Waals surface area contributed by atoms with Crippen LogP contribution in [-0.4, -0.2) is 21.6 Å². The van der Waals surface area contributed by atoms with E-state index in [1.165, 1.54) is 11.7 Å². The van der Waals surface area contributed by atoms with Gasteiger partial charge in [0.05, 0.1) is 12.5 Å². The first-order valence-corrected chi connectivity index (χ1v) is 3.82. The number of hydrogen-bond acceptors (Lipinski definition) is 3. The molecule has 2 rings (SSSR count). The quantitative estimate of drug-likeness (QED) is 0.683. The summed E-state index contributed by atoms with van der Waals surface area (Å²) in [5.41, 5.74) is 0.447. The number of nitrogens with zero attached hydrogens (tertiary/aromatic N) is 2. The highest BCUT2D eigenvalue weighted by Crippen LogP contribution is 2.08. The molecule has 5 heteroatoms. The van der Waals surface area contributed by atoms with Gasteiger partial charge in [-0.1, -0.05) is 0 Å². The van der Waals surface area contributed by atoms with Gasteiger partial charge in [0.25, 0.3) is 5.56 Å². The number of methoxy groups -OCH3 is 1. The fourth-order valence-electron chi connectivity index (χ4n) is 1.25. The second-order valence-electron chi connectivity index (χ2n) is 2.70. The molecule has 0 fully saturated rings. The Morgan fingerprint density at radius 2 is 2.38 bits per heavy atom. The third kappa shape index (κ3) is 1.00. The monoisotopic (exact) mass is 179 g/mol. The molecule has 0 spiro atoms. The number of nitrogens with one attached hydrogen (secondary N) is 1. The summed E-state index contributed by atoms with van der Waals surface area (Å²) in [6, 6.07) is 2.00. The summed E-state index contributed by atoms with van der Waals surface area (Å²) in [5.74, 6) is 0. The minimum atomic E-state index is -0.108. The molecule has 0 saturated carbocycles. The van der Waals surface area contributed by atoms with Gasteiger partial charge in [0.15, 0.2) is 0 Å². The normalized spacial score (nSPS) is 10.6. The molecular weight excluding hydrogens is 170 g/mol. The Balaban J connectivity index is 2.92. The third-order valence-corrected chi connectivity index (χ3v) is 1.94. The number of fused-ring (bicyclic) bond motifs is 1. The molecule has 0 radical (unpaired) electrons. The Labute approximate surface area is 74.0 Å². The largest absolute Gasteiger partial charge is 0.468 e. The molecular formula is C8H9N3O2. The highest BCUT2D eigenvalue weighted by atomic mass is 16.5. The molecule has 1 N–H and O–H groups in total. The van der Waals surface area contributed by atoms with Crippen LogP contribution in [0.1, 0.15) is 0 Å². The van der Waals surface area contributed by atoms with Gasteiger partial charge in [0, 0.05) is 13.2 Å². The third-order valence-electron chi connectivity index (χ3n) is 1.94. The van der Waals surface area contributed by atoms with Crippen molar-refractivity contribution in [1.29, 1.82) is 0 Å². The van der Waals surface area contributed by atoms with Crippen LogP contribution in [0.15, 0.2) is 17.1 Å². The molecule has 0 saturated heterocycles. The highest BCUT2D eigenvalue weighted by Gasteiger charge is 2.07. The van der Waals surface area contributed by atoms with Gasteiger partial charge in [-0.2, -0.15) is 4.98 Å². The number of H-pyrrole nitrogens is 1. The van der Waals surface area contributed by atoms with E-state index in [-0.39, 0.29) is 5.56 Å². The predicted molar refractivity (Wildman–Crippen MR) is 47.9 cm³/mol. The molecule has 0 amide bonds. The molecule has 2 aromatic rings. The molecule has 13 heavy (non-hydrogen) atoms. The minimum Gasteiger partial charge on any atom is -0.468 e. The van der Waals surface area contributed by atoms with Crippen molar-refractivity contribution in [2.24, 2.45) is 7.05 Å². The maximum absolute atomic E-state index is 11.6. The molecule has 0 unspecified atom stereocenters. The second-order valence-corrected chi connectivity index (χ2v) is 2.70. The van der Waals surface area contributed by atoms with Crippen molar-refractivity contribution >= 4 is 11.0 Å². The van der Waals surface area contributed by atoms with Crippen LogP contribution in [0.4, 0.5) is 0 Å². The van der Waals surface area contributed by atoms with Gasteiger partial charge in [-0.25, -0.2) is 0 Å². The SMILES string of the molecule is COc1nc2[nH]ccc2c(=O)n1C. The van der Waals surface area contributed by atoms with E-state index in [9.17, 15) is 4.79 Å². The van der Waals surface area contributed by atoms with E-state index in [1.54, 1.807) is 19.3 Å². The molecule has 68 valence electrons. The van der Waals surface area contributed by atoms with Gasteiger partial charge < -0.3 is 9.72 Å². The molecule has 2 aromatic heterocycles. The summed E-state index contributed by atoms with van der Waals surface area (Å²) in [6.07, 6.45) is 1.68. The molecule has 0 aliphatic rings. The Bertz CT molecular complexity index is 498. The average Bonchev–Trinajstić information content (AvgIpc) is 2.59. The van der Waals surface area contributed by atoms with Crippen molar-refractivity contribution in [2.45, 2.75) is 0 Å². The van der Waals surface area contributed by atoms with Crippen LogP contribution in [0.5, 0.6) is 6.01 Å². The summed E-state index contributed by atoms with van der Waals surface area (Å²) in [4.78, 5) is 18.5. The van der Waals surface area contributed by atoms with Crippen molar-refractivity contribution in [3.63, 3.8) is 0 Å². The van der Waals surface area contributed by atoms with Crippen molar-refractivity contribution in [1.82, 2.24) is 14.5 Å². The summed E-state index contributed by atoms with van der Waals surface area (Å²) in [7, 11) is 3.11. The summed E-state index contributed by atoms with van der Waals surface area (Å²) in [5, 5.41) is 0.573. The van der Waals surface area contributed by atoms with E-state index in [2.05, 4.69) is 9.97 Å². The standard InChI is InChI=1S/C8H9N3O2/c1-11-7(12)5-3-4-9-6(5)10-8(11)13-2/h3-4,9H,1-2H3. The van der Waals surface area contributed by atoms with Crippen LogP contribution in [0.25, 0.3) is 11.0 Å². The van der Waals surface area contributed by atoms with Gasteiger partial charge in [-0.3, -0.25) is 9.36 Å². The van der Waals surface area contributed by atoms with Gasteiger partial charge in [-0.05, 0) is 6.07 Å². The first kappa shape index (κ1) is 7.85. The zero-order chi connectivity index (χ0) is 9.42. The summed E-state index contributed by atoms with van der Waals surface area (Å²) in [6.45, 7) is 0. The Morgan fingerprint density at radius 3 is 3.08 bits per heavy atom. The maximum Gasteiger partial charge on any atom is 0.300 e. The Hall–Kier alpha value is -1.78. The van der Waals surface area contributed by atoms with Crippen molar-refractivity contribution in [2.75, 3.05) is 7.11 Å². The first-order chi connectivity index (χ1) is 6.24. The maximum atomic E-state index is 11.6. The number of aromatic amines is 1. The minimum absolute atomic E-state index is 0.108. The van der Waals surface area contributed by atoms with Gasteiger partial charge in [0.2, 0.25) is 0 Å². The average molecular weight is 179 g/mol. The van der Waals surface area contributed by atoms with Crippen molar-refractivity contribution < 1.29 is 4.74 Å². The zero-order valence-electron chi connectivity index (χ0n) is 7.37. The molecule has 5 nitrogen and oxygen atoms in total. The molecule has 0 aliphatic heterocycles. The zero-order valence-corrected chi connectivity index (χ0v) is 7.37. The molecule has 0 bridgehead atoms. The smallest absolute Gasteiger partial charge is 0.300 e. The molecule has 0 atom stereocenters. The fourth-order valence-corrected chi connectivity index (χ4v) is 1.25. The summed E-state index contributed by atoms with van der Waals surface area (Å²) < 4.78 is 6.31. The lowest BCUT2D eigenvalue weighted by molar-refractivity contribution is 0.359. The topological polar surface area (TPSA) is 59.9 Å².